The second kappa shape index (κ2) is 9.13. The van der Waals surface area contributed by atoms with Crippen molar-refractivity contribution in [1.82, 2.24) is 5.32 Å². The number of amides is 1. The van der Waals surface area contributed by atoms with E-state index in [0.29, 0.717) is 15.8 Å². The van der Waals surface area contributed by atoms with Crippen LogP contribution in [0.2, 0.25) is 10.0 Å². The predicted molar refractivity (Wildman–Crippen MR) is 85.0 cm³/mol. The van der Waals surface area contributed by atoms with Gasteiger partial charge in [-0.05, 0) is 25.0 Å². The molecular formula is C15H21Cl2NO3. The number of aliphatic hydroxyl groups is 1. The summed E-state index contributed by atoms with van der Waals surface area (Å²) in [5.41, 5.74) is 0. The van der Waals surface area contributed by atoms with Crippen LogP contribution < -0.4 is 10.1 Å². The van der Waals surface area contributed by atoms with Crippen LogP contribution in [-0.2, 0) is 4.79 Å². The molecule has 1 atom stereocenters. The van der Waals surface area contributed by atoms with Gasteiger partial charge in [0.05, 0.1) is 5.02 Å². The fourth-order valence-corrected chi connectivity index (χ4v) is 2.21. The molecule has 6 heteroatoms. The van der Waals surface area contributed by atoms with E-state index in [4.69, 9.17) is 27.9 Å². The standard InChI is InChI=1S/C15H21Cl2NO3/c1-3-10(4-2)15(20)18-8-11(19)9-21-13-7-5-6-12(16)14(13)17/h5-7,10-11,19H,3-4,8-9H2,1-2H3,(H,18,20). The van der Waals surface area contributed by atoms with E-state index in [0.717, 1.165) is 12.8 Å². The lowest BCUT2D eigenvalue weighted by Crippen LogP contribution is -2.38. The van der Waals surface area contributed by atoms with Crippen molar-refractivity contribution in [3.63, 3.8) is 0 Å². The maximum Gasteiger partial charge on any atom is 0.223 e. The lowest BCUT2D eigenvalue weighted by molar-refractivity contribution is -0.125. The molecule has 1 unspecified atom stereocenters. The molecule has 2 N–H and O–H groups in total. The predicted octanol–water partition coefficient (Wildman–Crippen LogP) is 3.29. The van der Waals surface area contributed by atoms with E-state index in [1.165, 1.54) is 0 Å². The summed E-state index contributed by atoms with van der Waals surface area (Å²) in [5, 5.41) is 13.3. The van der Waals surface area contributed by atoms with E-state index < -0.39 is 6.10 Å². The molecule has 1 aromatic rings. The van der Waals surface area contributed by atoms with Gasteiger partial charge >= 0.3 is 0 Å². The summed E-state index contributed by atoms with van der Waals surface area (Å²) in [6.45, 7) is 4.11. The molecular weight excluding hydrogens is 313 g/mol. The summed E-state index contributed by atoms with van der Waals surface area (Å²) in [7, 11) is 0. The van der Waals surface area contributed by atoms with Crippen molar-refractivity contribution >= 4 is 29.1 Å². The third-order valence-electron chi connectivity index (χ3n) is 3.22. The molecule has 0 aliphatic heterocycles. The molecule has 0 spiro atoms. The first-order valence-electron chi connectivity index (χ1n) is 7.02. The van der Waals surface area contributed by atoms with Crippen LogP contribution >= 0.6 is 23.2 Å². The highest BCUT2D eigenvalue weighted by Crippen LogP contribution is 2.31. The van der Waals surface area contributed by atoms with Crippen molar-refractivity contribution in [2.24, 2.45) is 5.92 Å². The topological polar surface area (TPSA) is 58.6 Å². The summed E-state index contributed by atoms with van der Waals surface area (Å²) in [6, 6.07) is 5.04. The minimum atomic E-state index is -0.807. The van der Waals surface area contributed by atoms with E-state index >= 15 is 0 Å². The fourth-order valence-electron chi connectivity index (χ4n) is 1.86. The Morgan fingerprint density at radius 1 is 1.33 bits per heavy atom. The Kier molecular flexibility index (Phi) is 7.86. The number of halogens is 2. The lowest BCUT2D eigenvalue weighted by Gasteiger charge is -2.17. The molecule has 0 aromatic heterocycles. The van der Waals surface area contributed by atoms with Gasteiger partial charge in [-0.3, -0.25) is 4.79 Å². The largest absolute Gasteiger partial charge is 0.489 e. The average Bonchev–Trinajstić information content (AvgIpc) is 2.48. The molecule has 0 saturated heterocycles. The van der Waals surface area contributed by atoms with E-state index in [2.05, 4.69) is 5.32 Å². The summed E-state index contributed by atoms with van der Waals surface area (Å²) < 4.78 is 5.41. The number of carbonyl (C=O) groups is 1. The number of hydrogen-bond acceptors (Lipinski definition) is 3. The molecule has 21 heavy (non-hydrogen) atoms. The molecule has 1 amide bonds. The molecule has 0 aliphatic rings. The Balaban J connectivity index is 2.39. The van der Waals surface area contributed by atoms with Gasteiger partial charge in [-0.2, -0.15) is 0 Å². The van der Waals surface area contributed by atoms with Gasteiger partial charge in [0, 0.05) is 12.5 Å². The molecule has 0 saturated carbocycles. The van der Waals surface area contributed by atoms with Crippen molar-refractivity contribution in [3.05, 3.63) is 28.2 Å². The Hall–Kier alpha value is -0.970. The van der Waals surface area contributed by atoms with E-state index in [-0.39, 0.29) is 25.0 Å². The Morgan fingerprint density at radius 2 is 2.00 bits per heavy atom. The maximum absolute atomic E-state index is 11.8. The molecule has 0 fully saturated rings. The van der Waals surface area contributed by atoms with Crippen molar-refractivity contribution in [2.75, 3.05) is 13.2 Å². The zero-order valence-corrected chi connectivity index (χ0v) is 13.7. The maximum atomic E-state index is 11.8. The number of rotatable bonds is 8. The van der Waals surface area contributed by atoms with Gasteiger partial charge < -0.3 is 15.2 Å². The highest BCUT2D eigenvalue weighted by molar-refractivity contribution is 6.42. The molecule has 0 aliphatic carbocycles. The molecule has 1 aromatic carbocycles. The zero-order valence-electron chi connectivity index (χ0n) is 12.2. The number of nitrogens with one attached hydrogen (secondary N) is 1. The number of ether oxygens (including phenoxy) is 1. The molecule has 118 valence electrons. The lowest BCUT2D eigenvalue weighted by atomic mass is 10.0. The molecule has 1 rings (SSSR count). The van der Waals surface area contributed by atoms with Crippen molar-refractivity contribution < 1.29 is 14.6 Å². The molecule has 4 nitrogen and oxygen atoms in total. The third kappa shape index (κ3) is 5.73. The van der Waals surface area contributed by atoms with Crippen LogP contribution in [0.4, 0.5) is 0 Å². The number of carbonyl (C=O) groups excluding carboxylic acids is 1. The van der Waals surface area contributed by atoms with Crippen molar-refractivity contribution in [1.29, 1.82) is 0 Å². The van der Waals surface area contributed by atoms with Crippen LogP contribution in [0.3, 0.4) is 0 Å². The van der Waals surface area contributed by atoms with Crippen LogP contribution in [0.1, 0.15) is 26.7 Å². The van der Waals surface area contributed by atoms with Crippen LogP contribution in [0.25, 0.3) is 0 Å². The van der Waals surface area contributed by atoms with Gasteiger partial charge in [-0.15, -0.1) is 0 Å². The zero-order chi connectivity index (χ0) is 15.8. The van der Waals surface area contributed by atoms with E-state index in [1.807, 2.05) is 13.8 Å². The summed E-state index contributed by atoms with van der Waals surface area (Å²) in [4.78, 5) is 11.8. The number of benzene rings is 1. The molecule has 0 bridgehead atoms. The Bertz CT molecular complexity index is 464. The summed E-state index contributed by atoms with van der Waals surface area (Å²) >= 11 is 11.8. The van der Waals surface area contributed by atoms with E-state index in [1.54, 1.807) is 18.2 Å². The highest BCUT2D eigenvalue weighted by atomic mass is 35.5. The quantitative estimate of drug-likeness (QED) is 0.767. The summed E-state index contributed by atoms with van der Waals surface area (Å²) in [5.74, 6) is 0.356. The second-order valence-electron chi connectivity index (χ2n) is 4.78. The number of hydrogen-bond donors (Lipinski definition) is 2. The average molecular weight is 334 g/mol. The minimum Gasteiger partial charge on any atom is -0.489 e. The van der Waals surface area contributed by atoms with Gasteiger partial charge in [0.15, 0.2) is 0 Å². The van der Waals surface area contributed by atoms with Crippen LogP contribution in [0, 0.1) is 5.92 Å². The van der Waals surface area contributed by atoms with Gasteiger partial charge in [0.25, 0.3) is 0 Å². The first-order valence-corrected chi connectivity index (χ1v) is 7.77. The molecule has 0 heterocycles. The Morgan fingerprint density at radius 3 is 2.62 bits per heavy atom. The van der Waals surface area contributed by atoms with Gasteiger partial charge in [0.2, 0.25) is 5.91 Å². The van der Waals surface area contributed by atoms with Gasteiger partial charge in [-0.25, -0.2) is 0 Å². The third-order valence-corrected chi connectivity index (χ3v) is 4.02. The van der Waals surface area contributed by atoms with Crippen LogP contribution in [0.5, 0.6) is 5.75 Å². The summed E-state index contributed by atoms with van der Waals surface area (Å²) in [6.07, 6.45) is 0.762. The van der Waals surface area contributed by atoms with Gasteiger partial charge in [-0.1, -0.05) is 43.1 Å². The highest BCUT2D eigenvalue weighted by Gasteiger charge is 2.15. The van der Waals surface area contributed by atoms with Crippen LogP contribution in [-0.4, -0.2) is 30.3 Å². The van der Waals surface area contributed by atoms with Crippen molar-refractivity contribution in [3.8, 4) is 5.75 Å². The van der Waals surface area contributed by atoms with Crippen molar-refractivity contribution in [2.45, 2.75) is 32.8 Å². The minimum absolute atomic E-state index is 0.0134. The second-order valence-corrected chi connectivity index (χ2v) is 5.56. The molecule has 0 radical (unpaired) electrons. The first kappa shape index (κ1) is 18.1. The van der Waals surface area contributed by atoms with Crippen LogP contribution in [0.15, 0.2) is 18.2 Å². The monoisotopic (exact) mass is 333 g/mol. The SMILES string of the molecule is CCC(CC)C(=O)NCC(O)COc1cccc(Cl)c1Cl. The normalized spacial score (nSPS) is 12.3. The van der Waals surface area contributed by atoms with Gasteiger partial charge in [0.1, 0.15) is 23.5 Å². The first-order chi connectivity index (χ1) is 9.99. The van der Waals surface area contributed by atoms with E-state index in [9.17, 15) is 9.90 Å². The fraction of sp³-hybridized carbons (Fsp3) is 0.533. The number of aliphatic hydroxyl groups excluding tert-OH is 1. The Labute approximate surface area is 135 Å². The smallest absolute Gasteiger partial charge is 0.223 e.